The van der Waals surface area contributed by atoms with E-state index in [0.29, 0.717) is 12.2 Å². The highest BCUT2D eigenvalue weighted by Gasteiger charge is 2.13. The van der Waals surface area contributed by atoms with E-state index in [1.165, 1.54) is 6.42 Å². The summed E-state index contributed by atoms with van der Waals surface area (Å²) in [5, 5.41) is 5.04. The lowest BCUT2D eigenvalue weighted by atomic mass is 10.1. The van der Waals surface area contributed by atoms with Crippen molar-refractivity contribution in [2.45, 2.75) is 34.1 Å². The second kappa shape index (κ2) is 12.4. The number of carbonyl (C=O) groups excluding carboxylic acids is 1. The van der Waals surface area contributed by atoms with Crippen molar-refractivity contribution in [3.63, 3.8) is 0 Å². The Morgan fingerprint density at radius 2 is 1.61 bits per heavy atom. The van der Waals surface area contributed by atoms with Crippen LogP contribution in [-0.4, -0.2) is 50.3 Å². The molecule has 0 radical (unpaired) electrons. The Morgan fingerprint density at radius 3 is 2.27 bits per heavy atom. The molecule has 1 N–H and O–H groups in total. The quantitative estimate of drug-likeness (QED) is 0.515. The van der Waals surface area contributed by atoms with Crippen molar-refractivity contribution < 1.29 is 14.3 Å². The first kappa shape index (κ1) is 24.7. The molecule has 3 aromatic rings. The number of hydrogen-bond donors (Lipinski definition) is 1. The van der Waals surface area contributed by atoms with Gasteiger partial charge in [0, 0.05) is 41.7 Å². The zero-order valence-corrected chi connectivity index (χ0v) is 20.3. The fourth-order valence-corrected chi connectivity index (χ4v) is 3.92. The van der Waals surface area contributed by atoms with Crippen molar-refractivity contribution in [1.82, 2.24) is 4.90 Å². The third-order valence-corrected chi connectivity index (χ3v) is 5.38. The lowest BCUT2D eigenvalue weighted by molar-refractivity contribution is 0.0323. The van der Waals surface area contributed by atoms with Gasteiger partial charge in [0.05, 0.1) is 13.2 Å². The SMILES string of the molecule is CCC.Cc1cc(C)cc(C(=O)Nc2ccc(OCCN3CCOCC3)c3ccccc23)c1. The Bertz CT molecular complexity index is 1040. The maximum Gasteiger partial charge on any atom is 0.255 e. The summed E-state index contributed by atoms with van der Waals surface area (Å²) in [6.07, 6.45) is 1.25. The average molecular weight is 449 g/mol. The lowest BCUT2D eigenvalue weighted by Crippen LogP contribution is -2.38. The van der Waals surface area contributed by atoms with Gasteiger partial charge in [-0.1, -0.05) is 61.7 Å². The number of hydrogen-bond acceptors (Lipinski definition) is 4. The van der Waals surface area contributed by atoms with Gasteiger partial charge in [0.15, 0.2) is 0 Å². The second-order valence-electron chi connectivity index (χ2n) is 8.50. The maximum atomic E-state index is 12.8. The van der Waals surface area contributed by atoms with Gasteiger partial charge in [-0.25, -0.2) is 0 Å². The standard InChI is InChI=1S/C25H28N2O3.C3H8/c1-18-15-19(2)17-20(16-18)25(28)26-23-7-8-24(22-6-4-3-5-21(22)23)30-14-11-27-9-12-29-13-10-27;1-3-2/h3-8,15-17H,9-14H2,1-2H3,(H,26,28);3H2,1-2H3. The van der Waals surface area contributed by atoms with Crippen molar-refractivity contribution in [3.05, 3.63) is 71.3 Å². The van der Waals surface area contributed by atoms with Gasteiger partial charge in [0.1, 0.15) is 12.4 Å². The molecule has 0 saturated carbocycles. The summed E-state index contributed by atoms with van der Waals surface area (Å²) in [5.41, 5.74) is 3.61. The largest absolute Gasteiger partial charge is 0.492 e. The van der Waals surface area contributed by atoms with Gasteiger partial charge in [-0.3, -0.25) is 9.69 Å². The minimum absolute atomic E-state index is 0.104. The van der Waals surface area contributed by atoms with Crippen molar-refractivity contribution in [3.8, 4) is 5.75 Å². The normalized spacial score (nSPS) is 13.8. The highest BCUT2D eigenvalue weighted by atomic mass is 16.5. The molecule has 1 aliphatic rings. The molecule has 1 heterocycles. The van der Waals surface area contributed by atoms with E-state index in [4.69, 9.17) is 9.47 Å². The smallest absolute Gasteiger partial charge is 0.255 e. The van der Waals surface area contributed by atoms with Crippen LogP contribution in [0.4, 0.5) is 5.69 Å². The highest BCUT2D eigenvalue weighted by Crippen LogP contribution is 2.32. The summed E-state index contributed by atoms with van der Waals surface area (Å²) in [5.74, 6) is 0.733. The number of nitrogens with zero attached hydrogens (tertiary/aromatic N) is 1. The molecule has 0 bridgehead atoms. The van der Waals surface area contributed by atoms with Gasteiger partial charge in [-0.2, -0.15) is 0 Å². The van der Waals surface area contributed by atoms with Gasteiger partial charge in [-0.05, 0) is 38.1 Å². The minimum Gasteiger partial charge on any atom is -0.492 e. The third-order valence-electron chi connectivity index (χ3n) is 5.38. The number of ether oxygens (including phenoxy) is 2. The van der Waals surface area contributed by atoms with Crippen molar-refractivity contribution in [2.24, 2.45) is 0 Å². The van der Waals surface area contributed by atoms with E-state index in [2.05, 4.69) is 30.1 Å². The molecular weight excluding hydrogens is 412 g/mol. The molecule has 0 spiro atoms. The monoisotopic (exact) mass is 448 g/mol. The number of aryl methyl sites for hydroxylation is 2. The molecule has 0 atom stereocenters. The first-order chi connectivity index (χ1) is 16.0. The molecule has 5 nitrogen and oxygen atoms in total. The fraction of sp³-hybridized carbons (Fsp3) is 0.393. The first-order valence-electron chi connectivity index (χ1n) is 11.9. The van der Waals surface area contributed by atoms with Crippen LogP contribution in [0.1, 0.15) is 41.8 Å². The van der Waals surface area contributed by atoms with Crippen LogP contribution < -0.4 is 10.1 Å². The van der Waals surface area contributed by atoms with E-state index in [1.807, 2.05) is 62.4 Å². The number of nitrogens with one attached hydrogen (secondary N) is 1. The molecule has 33 heavy (non-hydrogen) atoms. The summed E-state index contributed by atoms with van der Waals surface area (Å²) < 4.78 is 11.5. The fourth-order valence-electron chi connectivity index (χ4n) is 3.92. The molecule has 0 unspecified atom stereocenters. The molecule has 0 aromatic heterocycles. The predicted octanol–water partition coefficient (Wildman–Crippen LogP) is 5.84. The Kier molecular flexibility index (Phi) is 9.28. The molecule has 1 fully saturated rings. The number of anilines is 1. The van der Waals surface area contributed by atoms with Crippen LogP contribution in [-0.2, 0) is 4.74 Å². The molecule has 3 aromatic carbocycles. The Labute approximate surface area is 197 Å². The van der Waals surface area contributed by atoms with E-state index in [9.17, 15) is 4.79 Å². The zero-order valence-electron chi connectivity index (χ0n) is 20.3. The molecule has 1 amide bonds. The maximum absolute atomic E-state index is 12.8. The van der Waals surface area contributed by atoms with E-state index < -0.39 is 0 Å². The second-order valence-corrected chi connectivity index (χ2v) is 8.50. The molecule has 0 aliphatic carbocycles. The molecular formula is C28H36N2O3. The van der Waals surface area contributed by atoms with E-state index in [1.54, 1.807) is 0 Å². The van der Waals surface area contributed by atoms with Gasteiger partial charge < -0.3 is 14.8 Å². The molecule has 4 rings (SSSR count). The van der Waals surface area contributed by atoms with Gasteiger partial charge in [-0.15, -0.1) is 0 Å². The highest BCUT2D eigenvalue weighted by molar-refractivity contribution is 6.10. The van der Waals surface area contributed by atoms with Crippen molar-refractivity contribution in [1.29, 1.82) is 0 Å². The number of morpholine rings is 1. The topological polar surface area (TPSA) is 50.8 Å². The minimum atomic E-state index is -0.104. The average Bonchev–Trinajstić information content (AvgIpc) is 2.81. The van der Waals surface area contributed by atoms with Crippen molar-refractivity contribution >= 4 is 22.4 Å². The van der Waals surface area contributed by atoms with Gasteiger partial charge in [0.25, 0.3) is 5.91 Å². The van der Waals surface area contributed by atoms with Crippen LogP contribution in [0.15, 0.2) is 54.6 Å². The van der Waals surface area contributed by atoms with E-state index >= 15 is 0 Å². The molecule has 1 aliphatic heterocycles. The summed E-state index contributed by atoms with van der Waals surface area (Å²) in [6.45, 7) is 13.2. The Morgan fingerprint density at radius 1 is 0.970 bits per heavy atom. The van der Waals surface area contributed by atoms with Crippen molar-refractivity contribution in [2.75, 3.05) is 44.8 Å². The van der Waals surface area contributed by atoms with Crippen LogP contribution in [0.5, 0.6) is 5.75 Å². The number of carbonyl (C=O) groups is 1. The lowest BCUT2D eigenvalue weighted by Gasteiger charge is -2.26. The van der Waals surface area contributed by atoms with Crippen LogP contribution in [0.25, 0.3) is 10.8 Å². The summed E-state index contributed by atoms with van der Waals surface area (Å²) >= 11 is 0. The van der Waals surface area contributed by atoms with Crippen LogP contribution in [0.2, 0.25) is 0 Å². The Balaban J connectivity index is 0.000000968. The zero-order chi connectivity index (χ0) is 23.6. The van der Waals surface area contributed by atoms with E-state index in [0.717, 1.165) is 66.2 Å². The first-order valence-corrected chi connectivity index (χ1v) is 11.9. The number of benzene rings is 3. The summed E-state index contributed by atoms with van der Waals surface area (Å²) in [6, 6.07) is 17.8. The number of rotatable bonds is 6. The summed E-state index contributed by atoms with van der Waals surface area (Å²) in [7, 11) is 0. The predicted molar refractivity (Wildman–Crippen MR) is 137 cm³/mol. The van der Waals surface area contributed by atoms with E-state index in [-0.39, 0.29) is 5.91 Å². The van der Waals surface area contributed by atoms with Gasteiger partial charge in [0.2, 0.25) is 0 Å². The van der Waals surface area contributed by atoms with Crippen LogP contribution >= 0.6 is 0 Å². The molecule has 176 valence electrons. The number of amides is 1. The van der Waals surface area contributed by atoms with Crippen LogP contribution in [0, 0.1) is 13.8 Å². The molecule has 1 saturated heterocycles. The Hall–Kier alpha value is -2.89. The summed E-state index contributed by atoms with van der Waals surface area (Å²) in [4.78, 5) is 15.2. The molecule has 5 heteroatoms. The number of fused-ring (bicyclic) bond motifs is 1. The van der Waals surface area contributed by atoms with Crippen LogP contribution in [0.3, 0.4) is 0 Å². The third kappa shape index (κ3) is 7.04. The van der Waals surface area contributed by atoms with Gasteiger partial charge >= 0.3 is 0 Å².